The van der Waals surface area contributed by atoms with E-state index in [-0.39, 0.29) is 11.9 Å². The zero-order valence-corrected chi connectivity index (χ0v) is 11.8. The van der Waals surface area contributed by atoms with Crippen molar-refractivity contribution in [3.63, 3.8) is 0 Å². The standard InChI is InChI=1S/C15H19N5O/c16-15(21)14-10-17-7-9-19(14)11-12-6-8-20(18-12)13-4-2-1-3-5-13/h1-6,8,14,17H,7,9-11H2,(H2,16,21). The normalized spacial score (nSPS) is 19.5. The Hall–Kier alpha value is -2.18. The number of hydrogen-bond donors (Lipinski definition) is 2. The molecule has 3 rings (SSSR count). The number of rotatable bonds is 4. The minimum Gasteiger partial charge on any atom is -0.368 e. The molecular formula is C15H19N5O. The lowest BCUT2D eigenvalue weighted by Crippen LogP contribution is -2.56. The number of carbonyl (C=O) groups excluding carboxylic acids is 1. The van der Waals surface area contributed by atoms with Crippen LogP contribution in [0.25, 0.3) is 5.69 Å². The Labute approximate surface area is 123 Å². The predicted octanol–water partition coefficient (Wildman–Crippen LogP) is 0.131. The van der Waals surface area contributed by atoms with Gasteiger partial charge < -0.3 is 11.1 Å². The van der Waals surface area contributed by atoms with Crippen molar-refractivity contribution in [3.8, 4) is 5.69 Å². The molecule has 1 aromatic carbocycles. The van der Waals surface area contributed by atoms with Crippen LogP contribution in [0, 0.1) is 0 Å². The molecule has 6 heteroatoms. The first-order valence-electron chi connectivity index (χ1n) is 7.08. The molecule has 1 amide bonds. The lowest BCUT2D eigenvalue weighted by Gasteiger charge is -2.33. The van der Waals surface area contributed by atoms with Crippen molar-refractivity contribution in [1.82, 2.24) is 20.0 Å². The number of primary amides is 1. The molecule has 1 aliphatic heterocycles. The van der Waals surface area contributed by atoms with E-state index in [2.05, 4.69) is 15.3 Å². The van der Waals surface area contributed by atoms with E-state index < -0.39 is 0 Å². The van der Waals surface area contributed by atoms with Gasteiger partial charge in [-0.2, -0.15) is 5.10 Å². The second-order valence-corrected chi connectivity index (χ2v) is 5.18. The maximum absolute atomic E-state index is 11.5. The number of nitrogens with zero attached hydrogens (tertiary/aromatic N) is 3. The molecule has 1 unspecified atom stereocenters. The molecule has 1 saturated heterocycles. The lowest BCUT2D eigenvalue weighted by molar-refractivity contribution is -0.124. The third kappa shape index (κ3) is 3.12. The Morgan fingerprint density at radius 2 is 2.14 bits per heavy atom. The molecule has 0 radical (unpaired) electrons. The summed E-state index contributed by atoms with van der Waals surface area (Å²) in [7, 11) is 0. The maximum atomic E-state index is 11.5. The van der Waals surface area contributed by atoms with E-state index in [0.29, 0.717) is 13.1 Å². The van der Waals surface area contributed by atoms with Gasteiger partial charge in [-0.15, -0.1) is 0 Å². The summed E-state index contributed by atoms with van der Waals surface area (Å²) >= 11 is 0. The third-order valence-corrected chi connectivity index (χ3v) is 3.71. The van der Waals surface area contributed by atoms with Crippen LogP contribution in [-0.4, -0.2) is 46.3 Å². The van der Waals surface area contributed by atoms with Gasteiger partial charge in [-0.3, -0.25) is 9.69 Å². The summed E-state index contributed by atoms with van der Waals surface area (Å²) in [5.41, 5.74) is 7.42. The average molecular weight is 285 g/mol. The van der Waals surface area contributed by atoms with Crippen LogP contribution in [0.15, 0.2) is 42.6 Å². The highest BCUT2D eigenvalue weighted by molar-refractivity contribution is 5.80. The molecule has 2 heterocycles. The first-order chi connectivity index (χ1) is 10.2. The smallest absolute Gasteiger partial charge is 0.236 e. The van der Waals surface area contributed by atoms with Crippen molar-refractivity contribution < 1.29 is 4.79 Å². The summed E-state index contributed by atoms with van der Waals surface area (Å²) in [5.74, 6) is -0.287. The van der Waals surface area contributed by atoms with Gasteiger partial charge in [0.05, 0.1) is 11.4 Å². The van der Waals surface area contributed by atoms with Crippen molar-refractivity contribution in [2.24, 2.45) is 5.73 Å². The van der Waals surface area contributed by atoms with Crippen LogP contribution < -0.4 is 11.1 Å². The molecule has 1 aliphatic rings. The molecule has 0 bridgehead atoms. The van der Waals surface area contributed by atoms with Gasteiger partial charge in [-0.05, 0) is 18.2 Å². The molecule has 0 saturated carbocycles. The quantitative estimate of drug-likeness (QED) is 0.837. The number of piperazine rings is 1. The van der Waals surface area contributed by atoms with Crippen molar-refractivity contribution in [2.45, 2.75) is 12.6 Å². The summed E-state index contributed by atoms with van der Waals surface area (Å²) in [6.07, 6.45) is 1.94. The van der Waals surface area contributed by atoms with Crippen LogP contribution in [0.3, 0.4) is 0 Å². The van der Waals surface area contributed by atoms with Crippen LogP contribution in [0.5, 0.6) is 0 Å². The summed E-state index contributed by atoms with van der Waals surface area (Å²) < 4.78 is 1.84. The highest BCUT2D eigenvalue weighted by Gasteiger charge is 2.27. The predicted molar refractivity (Wildman–Crippen MR) is 79.8 cm³/mol. The first kappa shape index (κ1) is 13.8. The van der Waals surface area contributed by atoms with Crippen LogP contribution >= 0.6 is 0 Å². The number of carbonyl (C=O) groups is 1. The van der Waals surface area contributed by atoms with Crippen LogP contribution in [-0.2, 0) is 11.3 Å². The van der Waals surface area contributed by atoms with Crippen LogP contribution in [0.4, 0.5) is 0 Å². The number of hydrogen-bond acceptors (Lipinski definition) is 4. The van der Waals surface area contributed by atoms with Crippen molar-refractivity contribution in [1.29, 1.82) is 0 Å². The number of para-hydroxylation sites is 1. The summed E-state index contributed by atoms with van der Waals surface area (Å²) in [6.45, 7) is 2.90. The van der Waals surface area contributed by atoms with Gasteiger partial charge in [0.15, 0.2) is 0 Å². The zero-order chi connectivity index (χ0) is 14.7. The Kier molecular flexibility index (Phi) is 3.98. The van der Waals surface area contributed by atoms with Crippen LogP contribution in [0.1, 0.15) is 5.69 Å². The molecule has 21 heavy (non-hydrogen) atoms. The molecule has 1 aromatic heterocycles. The minimum atomic E-state index is -0.287. The number of nitrogens with one attached hydrogen (secondary N) is 1. The summed E-state index contributed by atoms with van der Waals surface area (Å²) in [6, 6.07) is 11.7. The maximum Gasteiger partial charge on any atom is 0.236 e. The summed E-state index contributed by atoms with van der Waals surface area (Å²) in [4.78, 5) is 13.6. The van der Waals surface area contributed by atoms with E-state index in [1.165, 1.54) is 0 Å². The second-order valence-electron chi connectivity index (χ2n) is 5.18. The van der Waals surface area contributed by atoms with E-state index in [1.807, 2.05) is 47.3 Å². The molecule has 3 N–H and O–H groups in total. The molecule has 0 spiro atoms. The number of nitrogens with two attached hydrogens (primary N) is 1. The third-order valence-electron chi connectivity index (χ3n) is 3.71. The second kappa shape index (κ2) is 6.07. The Balaban J connectivity index is 1.73. The minimum absolute atomic E-state index is 0.263. The van der Waals surface area contributed by atoms with Gasteiger partial charge >= 0.3 is 0 Å². The van der Waals surface area contributed by atoms with Gasteiger partial charge in [0.25, 0.3) is 0 Å². The Morgan fingerprint density at radius 3 is 2.90 bits per heavy atom. The molecule has 1 fully saturated rings. The molecular weight excluding hydrogens is 266 g/mol. The number of amides is 1. The largest absolute Gasteiger partial charge is 0.368 e. The lowest BCUT2D eigenvalue weighted by atomic mass is 10.1. The highest BCUT2D eigenvalue weighted by atomic mass is 16.1. The van der Waals surface area contributed by atoms with Gasteiger partial charge in [0.2, 0.25) is 5.91 Å². The fraction of sp³-hybridized carbons (Fsp3) is 0.333. The Bertz CT molecular complexity index is 610. The van der Waals surface area contributed by atoms with E-state index in [1.54, 1.807) is 0 Å². The molecule has 2 aromatic rings. The Morgan fingerprint density at radius 1 is 1.33 bits per heavy atom. The molecule has 6 nitrogen and oxygen atoms in total. The van der Waals surface area contributed by atoms with Gasteiger partial charge in [-0.25, -0.2) is 4.68 Å². The van der Waals surface area contributed by atoms with Crippen molar-refractivity contribution in [2.75, 3.05) is 19.6 Å². The highest BCUT2D eigenvalue weighted by Crippen LogP contribution is 2.11. The van der Waals surface area contributed by atoms with Gasteiger partial charge in [0.1, 0.15) is 6.04 Å². The van der Waals surface area contributed by atoms with E-state index in [9.17, 15) is 4.79 Å². The SMILES string of the molecule is NC(=O)C1CNCCN1Cc1ccn(-c2ccccc2)n1. The molecule has 0 aliphatic carbocycles. The van der Waals surface area contributed by atoms with Crippen LogP contribution in [0.2, 0.25) is 0 Å². The monoisotopic (exact) mass is 285 g/mol. The van der Waals surface area contributed by atoms with Crippen molar-refractivity contribution >= 4 is 5.91 Å². The van der Waals surface area contributed by atoms with E-state index in [4.69, 9.17) is 5.73 Å². The summed E-state index contributed by atoms with van der Waals surface area (Å²) in [5, 5.41) is 7.77. The number of aromatic nitrogens is 2. The van der Waals surface area contributed by atoms with Gasteiger partial charge in [0, 0.05) is 32.4 Å². The van der Waals surface area contributed by atoms with E-state index >= 15 is 0 Å². The van der Waals surface area contributed by atoms with E-state index in [0.717, 1.165) is 24.5 Å². The topological polar surface area (TPSA) is 76.2 Å². The first-order valence-corrected chi connectivity index (χ1v) is 7.08. The fourth-order valence-corrected chi connectivity index (χ4v) is 2.59. The zero-order valence-electron chi connectivity index (χ0n) is 11.8. The molecule has 1 atom stereocenters. The fourth-order valence-electron chi connectivity index (χ4n) is 2.59. The molecule has 110 valence electrons. The number of benzene rings is 1. The van der Waals surface area contributed by atoms with Crippen molar-refractivity contribution in [3.05, 3.63) is 48.3 Å². The van der Waals surface area contributed by atoms with Gasteiger partial charge in [-0.1, -0.05) is 18.2 Å². The average Bonchev–Trinajstić information content (AvgIpc) is 2.97.